The zero-order chi connectivity index (χ0) is 23.6. The number of rotatable bonds is 10. The van der Waals surface area contributed by atoms with Crippen molar-refractivity contribution in [2.75, 3.05) is 26.9 Å². The molecule has 0 fully saturated rings. The van der Waals surface area contributed by atoms with Crippen LogP contribution >= 0.6 is 0 Å². The number of sulfonamides is 1. The quantitative estimate of drug-likeness (QED) is 0.393. The minimum atomic E-state index is -4.26. The van der Waals surface area contributed by atoms with Gasteiger partial charge in [0.15, 0.2) is 0 Å². The number of methoxy groups -OCH3 is 1. The molecule has 2 amide bonds. The molecule has 0 aliphatic carbocycles. The second-order valence-electron chi connectivity index (χ2n) is 6.21. The SMILES string of the molecule is CCOCCCNC(=O)c1cccc(S(=O)(=O)NC(=O)c2ccc(OC(=O)OC)nc2)c1. The molecule has 0 saturated carbocycles. The number of nitrogens with one attached hydrogen (secondary N) is 2. The first kappa shape index (κ1) is 24.8. The van der Waals surface area contributed by atoms with Crippen LogP contribution in [-0.2, 0) is 19.5 Å². The zero-order valence-electron chi connectivity index (χ0n) is 17.5. The summed E-state index contributed by atoms with van der Waals surface area (Å²) < 4.78 is 41.3. The van der Waals surface area contributed by atoms with Crippen molar-refractivity contribution in [3.8, 4) is 5.88 Å². The monoisotopic (exact) mass is 465 g/mol. The second kappa shape index (κ2) is 11.8. The predicted molar refractivity (Wildman–Crippen MR) is 112 cm³/mol. The molecule has 0 unspecified atom stereocenters. The Balaban J connectivity index is 2.03. The summed E-state index contributed by atoms with van der Waals surface area (Å²) in [7, 11) is -3.14. The average Bonchev–Trinajstić information content (AvgIpc) is 2.79. The van der Waals surface area contributed by atoms with E-state index in [1.54, 1.807) is 0 Å². The molecule has 0 spiro atoms. The number of pyridine rings is 1. The van der Waals surface area contributed by atoms with Crippen LogP contribution in [0, 0.1) is 0 Å². The molecule has 0 atom stereocenters. The number of nitrogens with zero attached hydrogens (tertiary/aromatic N) is 1. The lowest BCUT2D eigenvalue weighted by Crippen LogP contribution is -2.31. The largest absolute Gasteiger partial charge is 0.514 e. The van der Waals surface area contributed by atoms with Gasteiger partial charge in [-0.2, -0.15) is 0 Å². The van der Waals surface area contributed by atoms with Crippen LogP contribution in [0.25, 0.3) is 0 Å². The Morgan fingerprint density at radius 1 is 1.06 bits per heavy atom. The molecule has 0 aliphatic rings. The molecule has 172 valence electrons. The summed E-state index contributed by atoms with van der Waals surface area (Å²) >= 11 is 0. The van der Waals surface area contributed by atoms with Crippen molar-refractivity contribution in [1.82, 2.24) is 15.0 Å². The Morgan fingerprint density at radius 3 is 2.50 bits per heavy atom. The lowest BCUT2D eigenvalue weighted by Gasteiger charge is -2.09. The summed E-state index contributed by atoms with van der Waals surface area (Å²) in [6, 6.07) is 7.71. The molecule has 0 bridgehead atoms. The minimum absolute atomic E-state index is 0.0889. The van der Waals surface area contributed by atoms with E-state index < -0.39 is 28.0 Å². The molecule has 12 heteroatoms. The highest BCUT2D eigenvalue weighted by atomic mass is 32.2. The highest BCUT2D eigenvalue weighted by Crippen LogP contribution is 2.13. The maximum Gasteiger partial charge on any atom is 0.514 e. The van der Waals surface area contributed by atoms with E-state index >= 15 is 0 Å². The van der Waals surface area contributed by atoms with E-state index in [-0.39, 0.29) is 21.9 Å². The van der Waals surface area contributed by atoms with Crippen LogP contribution in [0.1, 0.15) is 34.1 Å². The van der Waals surface area contributed by atoms with Gasteiger partial charge in [-0.25, -0.2) is 22.9 Å². The van der Waals surface area contributed by atoms with Gasteiger partial charge in [-0.3, -0.25) is 9.59 Å². The Kier molecular flexibility index (Phi) is 9.10. The van der Waals surface area contributed by atoms with Crippen molar-refractivity contribution in [3.05, 3.63) is 53.7 Å². The van der Waals surface area contributed by atoms with Crippen LogP contribution < -0.4 is 14.8 Å². The summed E-state index contributed by atoms with van der Waals surface area (Å²) in [6.45, 7) is 3.33. The first-order chi connectivity index (χ1) is 15.3. The van der Waals surface area contributed by atoms with Gasteiger partial charge in [-0.05, 0) is 37.6 Å². The van der Waals surface area contributed by atoms with Gasteiger partial charge in [0.1, 0.15) is 0 Å². The molecular formula is C20H23N3O8S. The Labute approximate surface area is 185 Å². The molecular weight excluding hydrogens is 442 g/mol. The molecule has 2 rings (SSSR count). The van der Waals surface area contributed by atoms with Crippen molar-refractivity contribution in [2.45, 2.75) is 18.2 Å². The number of ether oxygens (including phenoxy) is 3. The van der Waals surface area contributed by atoms with Gasteiger partial charge in [0.2, 0.25) is 5.88 Å². The molecule has 11 nitrogen and oxygen atoms in total. The van der Waals surface area contributed by atoms with Gasteiger partial charge in [-0.1, -0.05) is 6.07 Å². The highest BCUT2D eigenvalue weighted by Gasteiger charge is 2.20. The second-order valence-corrected chi connectivity index (χ2v) is 7.89. The van der Waals surface area contributed by atoms with Crippen LogP contribution in [0.3, 0.4) is 0 Å². The Morgan fingerprint density at radius 2 is 1.84 bits per heavy atom. The number of carbonyl (C=O) groups is 3. The van der Waals surface area contributed by atoms with Gasteiger partial charge in [0.25, 0.3) is 21.8 Å². The van der Waals surface area contributed by atoms with Gasteiger partial charge in [-0.15, -0.1) is 0 Å². The molecule has 2 aromatic rings. The van der Waals surface area contributed by atoms with Crippen LogP contribution in [0.2, 0.25) is 0 Å². The van der Waals surface area contributed by atoms with Gasteiger partial charge < -0.3 is 19.5 Å². The number of benzene rings is 1. The first-order valence-electron chi connectivity index (χ1n) is 9.52. The van der Waals surface area contributed by atoms with Crippen molar-refractivity contribution in [1.29, 1.82) is 0 Å². The molecule has 1 aromatic heterocycles. The number of hydrogen-bond donors (Lipinski definition) is 2. The van der Waals surface area contributed by atoms with E-state index in [4.69, 9.17) is 4.74 Å². The average molecular weight is 465 g/mol. The summed E-state index contributed by atoms with van der Waals surface area (Å²) in [4.78, 5) is 39.1. The maximum absolute atomic E-state index is 12.6. The van der Waals surface area contributed by atoms with Crippen molar-refractivity contribution in [2.24, 2.45) is 0 Å². The van der Waals surface area contributed by atoms with E-state index in [2.05, 4.69) is 19.8 Å². The van der Waals surface area contributed by atoms with E-state index in [1.807, 2.05) is 11.6 Å². The predicted octanol–water partition coefficient (Wildman–Crippen LogP) is 1.50. The highest BCUT2D eigenvalue weighted by molar-refractivity contribution is 7.90. The smallest absolute Gasteiger partial charge is 0.437 e. The summed E-state index contributed by atoms with van der Waals surface area (Å²) in [5, 5.41) is 2.67. The van der Waals surface area contributed by atoms with E-state index in [9.17, 15) is 22.8 Å². The van der Waals surface area contributed by atoms with Crippen LogP contribution in [0.15, 0.2) is 47.5 Å². The summed E-state index contributed by atoms with van der Waals surface area (Å²) in [6.07, 6.45) is 0.663. The number of amides is 2. The number of hydrogen-bond acceptors (Lipinski definition) is 9. The van der Waals surface area contributed by atoms with Crippen molar-refractivity contribution in [3.63, 3.8) is 0 Å². The lowest BCUT2D eigenvalue weighted by molar-refractivity contribution is 0.0942. The molecule has 32 heavy (non-hydrogen) atoms. The van der Waals surface area contributed by atoms with Crippen LogP contribution in [-0.4, -0.2) is 58.2 Å². The Hall–Kier alpha value is -3.51. The van der Waals surface area contributed by atoms with E-state index in [0.717, 1.165) is 13.3 Å². The molecule has 2 N–H and O–H groups in total. The Bertz CT molecular complexity index is 1050. The molecule has 0 saturated heterocycles. The normalized spacial score (nSPS) is 10.8. The maximum atomic E-state index is 12.6. The molecule has 1 heterocycles. The minimum Gasteiger partial charge on any atom is -0.437 e. The van der Waals surface area contributed by atoms with Crippen molar-refractivity contribution < 1.29 is 37.0 Å². The fourth-order valence-electron chi connectivity index (χ4n) is 2.37. The van der Waals surface area contributed by atoms with Gasteiger partial charge in [0.05, 0.1) is 17.6 Å². The standard InChI is InChI=1S/C20H23N3O8S/c1-3-30-11-5-10-21-18(24)14-6-4-7-16(12-14)32(27,28)23-19(25)15-8-9-17(22-13-15)31-20(26)29-2/h4,6-9,12-13H,3,5,10-11H2,1-2H3,(H,21,24)(H,23,25). The molecule has 0 radical (unpaired) electrons. The summed E-state index contributed by atoms with van der Waals surface area (Å²) in [5.74, 6) is -1.53. The van der Waals surface area contributed by atoms with Crippen LogP contribution in [0.5, 0.6) is 5.88 Å². The lowest BCUT2D eigenvalue weighted by atomic mass is 10.2. The first-order valence-corrected chi connectivity index (χ1v) is 11.0. The topological polar surface area (TPSA) is 150 Å². The van der Waals surface area contributed by atoms with E-state index in [1.165, 1.54) is 36.4 Å². The molecule has 0 aliphatic heterocycles. The third kappa shape index (κ3) is 7.32. The van der Waals surface area contributed by atoms with Gasteiger partial charge >= 0.3 is 6.16 Å². The van der Waals surface area contributed by atoms with E-state index in [0.29, 0.717) is 26.2 Å². The van der Waals surface area contributed by atoms with Gasteiger partial charge in [0, 0.05) is 37.6 Å². The number of carbonyl (C=O) groups excluding carboxylic acids is 3. The van der Waals surface area contributed by atoms with Crippen LogP contribution in [0.4, 0.5) is 4.79 Å². The molecule has 1 aromatic carbocycles. The van der Waals surface area contributed by atoms with Crippen molar-refractivity contribution >= 4 is 28.0 Å². The third-order valence-corrected chi connectivity index (χ3v) is 5.27. The fraction of sp³-hybridized carbons (Fsp3) is 0.300. The fourth-order valence-corrected chi connectivity index (χ4v) is 3.39. The zero-order valence-corrected chi connectivity index (χ0v) is 18.3. The summed E-state index contributed by atoms with van der Waals surface area (Å²) in [5.41, 5.74) is 0.0386. The number of aromatic nitrogens is 1. The third-order valence-electron chi connectivity index (χ3n) is 3.94.